The van der Waals surface area contributed by atoms with Crippen LogP contribution in [0.15, 0.2) is 42.5 Å². The number of carbonyl (C=O) groups is 1. The zero-order chi connectivity index (χ0) is 19.1. The van der Waals surface area contributed by atoms with Gasteiger partial charge in [0.15, 0.2) is 0 Å². The van der Waals surface area contributed by atoms with Gasteiger partial charge in [-0.1, -0.05) is 12.1 Å². The fourth-order valence-corrected chi connectivity index (χ4v) is 3.23. The number of halogens is 3. The van der Waals surface area contributed by atoms with Crippen LogP contribution in [0.1, 0.15) is 11.1 Å². The molecule has 2 atom stereocenters. The molecule has 0 saturated heterocycles. The summed E-state index contributed by atoms with van der Waals surface area (Å²) < 4.78 is 27.8. The Morgan fingerprint density at radius 3 is 2.46 bits per heavy atom. The molecule has 1 amide bonds. The third-order valence-electron chi connectivity index (χ3n) is 3.76. The molecule has 0 heterocycles. The Hall–Kier alpha value is -1.58. The van der Waals surface area contributed by atoms with E-state index in [9.17, 15) is 18.7 Å². The molecule has 3 N–H and O–H groups in total. The van der Waals surface area contributed by atoms with Gasteiger partial charge in [0.05, 0.1) is 12.1 Å². The van der Waals surface area contributed by atoms with Gasteiger partial charge >= 0.3 is 0 Å². The van der Waals surface area contributed by atoms with Gasteiger partial charge in [0, 0.05) is 29.6 Å². The molecule has 2 rings (SSSR count). The van der Waals surface area contributed by atoms with Crippen LogP contribution in [0.5, 0.6) is 0 Å². The van der Waals surface area contributed by atoms with Crippen molar-refractivity contribution in [3.63, 3.8) is 0 Å². The summed E-state index contributed by atoms with van der Waals surface area (Å²) in [5.74, 6) is -1.97. The number of aliphatic hydroxyl groups is 1. The number of amides is 1. The van der Waals surface area contributed by atoms with Gasteiger partial charge in [-0.25, -0.2) is 8.78 Å². The summed E-state index contributed by atoms with van der Waals surface area (Å²) >= 11 is 2.22. The summed E-state index contributed by atoms with van der Waals surface area (Å²) in [7, 11) is 0. The van der Waals surface area contributed by atoms with Crippen molar-refractivity contribution in [2.75, 3.05) is 6.54 Å². The van der Waals surface area contributed by atoms with E-state index in [0.29, 0.717) is 12.1 Å². The third-order valence-corrected chi connectivity index (χ3v) is 4.43. The maximum atomic E-state index is 13.3. The Balaban J connectivity index is 1.97. The minimum Gasteiger partial charge on any atom is -0.390 e. The van der Waals surface area contributed by atoms with Crippen LogP contribution < -0.4 is 10.6 Å². The predicted octanol–water partition coefficient (Wildman–Crippen LogP) is 2.58. The first kappa shape index (κ1) is 20.7. The predicted molar refractivity (Wildman–Crippen MR) is 104 cm³/mol. The van der Waals surface area contributed by atoms with Crippen molar-refractivity contribution in [1.29, 1.82) is 0 Å². The molecule has 1 radical (unpaired) electrons. The number of hydrogen-bond acceptors (Lipinski definition) is 3. The minimum absolute atomic E-state index is 0.0853. The topological polar surface area (TPSA) is 61.4 Å². The Labute approximate surface area is 165 Å². The molecule has 0 spiro atoms. The standard InChI is InChI=1S/C19H20F2IN2O2/c1-12(25)24-18(8-14-5-15(20)9-16(21)6-14)19(26)11-23-10-13-3-2-4-17(22)7-13/h2-7,9,18-19,23,26H,1,8,10-11H2,(H,24,25)/t18-,19-/m0/s1. The molecule has 26 heavy (non-hydrogen) atoms. The van der Waals surface area contributed by atoms with Gasteiger partial charge < -0.3 is 15.7 Å². The highest BCUT2D eigenvalue weighted by molar-refractivity contribution is 14.1. The largest absolute Gasteiger partial charge is 0.390 e. The molecule has 0 aromatic heterocycles. The van der Waals surface area contributed by atoms with Crippen LogP contribution in [0, 0.1) is 22.1 Å². The Morgan fingerprint density at radius 2 is 1.85 bits per heavy atom. The van der Waals surface area contributed by atoms with E-state index in [1.807, 2.05) is 24.3 Å². The average Bonchev–Trinajstić information content (AvgIpc) is 2.53. The van der Waals surface area contributed by atoms with E-state index >= 15 is 0 Å². The van der Waals surface area contributed by atoms with E-state index in [0.717, 1.165) is 15.2 Å². The number of rotatable bonds is 8. The second-order valence-corrected chi connectivity index (χ2v) is 7.23. The van der Waals surface area contributed by atoms with Crippen LogP contribution >= 0.6 is 22.6 Å². The quantitative estimate of drug-likeness (QED) is 0.517. The number of hydrogen-bond donors (Lipinski definition) is 3. The van der Waals surface area contributed by atoms with Gasteiger partial charge in [-0.05, 0) is 64.4 Å². The molecular formula is C19H20F2IN2O2. The first-order valence-corrected chi connectivity index (χ1v) is 9.12. The second-order valence-electron chi connectivity index (χ2n) is 5.98. The van der Waals surface area contributed by atoms with Crippen LogP contribution in [0.25, 0.3) is 0 Å². The van der Waals surface area contributed by atoms with Crippen molar-refractivity contribution in [2.24, 2.45) is 0 Å². The lowest BCUT2D eigenvalue weighted by Gasteiger charge is -2.24. The normalized spacial score (nSPS) is 13.3. The molecule has 0 bridgehead atoms. The van der Waals surface area contributed by atoms with Crippen LogP contribution in [-0.4, -0.2) is 29.7 Å². The van der Waals surface area contributed by atoms with Crippen molar-refractivity contribution in [3.05, 3.63) is 75.7 Å². The number of benzene rings is 2. The first-order chi connectivity index (χ1) is 12.3. The lowest BCUT2D eigenvalue weighted by Crippen LogP contribution is -2.48. The molecule has 2 aromatic rings. The summed E-state index contributed by atoms with van der Waals surface area (Å²) in [5, 5.41) is 16.1. The van der Waals surface area contributed by atoms with Crippen molar-refractivity contribution in [1.82, 2.24) is 10.6 Å². The van der Waals surface area contributed by atoms with E-state index < -0.39 is 29.7 Å². The highest BCUT2D eigenvalue weighted by Crippen LogP contribution is 2.12. The van der Waals surface area contributed by atoms with Gasteiger partial charge in [-0.3, -0.25) is 4.79 Å². The summed E-state index contributed by atoms with van der Waals surface area (Å²) in [6.07, 6.45) is -0.864. The zero-order valence-corrected chi connectivity index (χ0v) is 16.2. The SMILES string of the molecule is [CH2]C(=O)N[C@@H](Cc1cc(F)cc(F)c1)[C@@H](O)CNCc1cccc(I)c1. The minimum atomic E-state index is -0.949. The van der Waals surface area contributed by atoms with Crippen LogP contribution in [0.4, 0.5) is 8.78 Å². The van der Waals surface area contributed by atoms with Gasteiger partial charge in [0.1, 0.15) is 11.6 Å². The molecule has 7 heteroatoms. The van der Waals surface area contributed by atoms with Crippen molar-refractivity contribution >= 4 is 28.5 Å². The lowest BCUT2D eigenvalue weighted by molar-refractivity contribution is -0.118. The van der Waals surface area contributed by atoms with E-state index in [1.54, 1.807) is 0 Å². The smallest absolute Gasteiger partial charge is 0.220 e. The Bertz CT molecular complexity index is 738. The molecule has 2 aromatic carbocycles. The molecule has 0 fully saturated rings. The molecular weight excluding hydrogens is 453 g/mol. The van der Waals surface area contributed by atoms with Gasteiger partial charge in [-0.2, -0.15) is 0 Å². The van der Waals surface area contributed by atoms with E-state index in [2.05, 4.69) is 40.1 Å². The van der Waals surface area contributed by atoms with E-state index in [-0.39, 0.29) is 13.0 Å². The van der Waals surface area contributed by atoms with Gasteiger partial charge in [0.2, 0.25) is 5.91 Å². The van der Waals surface area contributed by atoms with Gasteiger partial charge in [0.25, 0.3) is 0 Å². The highest BCUT2D eigenvalue weighted by Gasteiger charge is 2.21. The summed E-state index contributed by atoms with van der Waals surface area (Å²) in [6.45, 7) is 4.00. The molecule has 0 aliphatic heterocycles. The highest BCUT2D eigenvalue weighted by atomic mass is 127. The first-order valence-electron chi connectivity index (χ1n) is 8.04. The molecule has 0 aliphatic carbocycles. The van der Waals surface area contributed by atoms with Gasteiger partial charge in [-0.15, -0.1) is 0 Å². The second kappa shape index (κ2) is 9.94. The summed E-state index contributed by atoms with van der Waals surface area (Å²) in [5.41, 5.74) is 1.41. The van der Waals surface area contributed by atoms with E-state index in [1.165, 1.54) is 12.1 Å². The molecule has 0 saturated carbocycles. The fraction of sp³-hybridized carbons (Fsp3) is 0.263. The van der Waals surface area contributed by atoms with Crippen molar-refractivity contribution in [2.45, 2.75) is 25.1 Å². The fourth-order valence-electron chi connectivity index (χ4n) is 2.63. The monoisotopic (exact) mass is 473 g/mol. The molecule has 0 unspecified atom stereocenters. The third kappa shape index (κ3) is 6.97. The Kier molecular flexibility index (Phi) is 7.92. The van der Waals surface area contributed by atoms with Crippen LogP contribution in [0.2, 0.25) is 0 Å². The summed E-state index contributed by atoms with van der Waals surface area (Å²) in [6, 6.07) is 10.3. The van der Waals surface area contributed by atoms with Crippen molar-refractivity contribution in [3.8, 4) is 0 Å². The van der Waals surface area contributed by atoms with Crippen LogP contribution in [0.3, 0.4) is 0 Å². The molecule has 4 nitrogen and oxygen atoms in total. The maximum Gasteiger partial charge on any atom is 0.220 e. The van der Waals surface area contributed by atoms with Crippen molar-refractivity contribution < 1.29 is 18.7 Å². The maximum absolute atomic E-state index is 13.3. The number of carbonyl (C=O) groups excluding carboxylic acids is 1. The van der Waals surface area contributed by atoms with Crippen LogP contribution in [-0.2, 0) is 17.8 Å². The number of aliphatic hydroxyl groups excluding tert-OH is 1. The lowest BCUT2D eigenvalue weighted by atomic mass is 10.0. The zero-order valence-electron chi connectivity index (χ0n) is 14.0. The molecule has 139 valence electrons. The average molecular weight is 473 g/mol. The Morgan fingerprint density at radius 1 is 1.15 bits per heavy atom. The number of nitrogens with one attached hydrogen (secondary N) is 2. The summed E-state index contributed by atoms with van der Waals surface area (Å²) in [4.78, 5) is 11.3. The molecule has 0 aliphatic rings. The van der Waals surface area contributed by atoms with E-state index in [4.69, 9.17) is 0 Å².